The van der Waals surface area contributed by atoms with Crippen LogP contribution in [0.25, 0.3) is 0 Å². The molecule has 0 fully saturated rings. The predicted octanol–water partition coefficient (Wildman–Crippen LogP) is 4.85. The second-order valence-corrected chi connectivity index (χ2v) is 5.01. The fourth-order valence-electron chi connectivity index (χ4n) is 2.20. The van der Waals surface area contributed by atoms with E-state index in [1.54, 1.807) is 12.1 Å². The molecule has 0 aliphatic rings. The number of hydrogen-bond donors (Lipinski definition) is 1. The molecule has 0 saturated heterocycles. The van der Waals surface area contributed by atoms with Gasteiger partial charge in [-0.1, -0.05) is 25.1 Å². The van der Waals surface area contributed by atoms with Gasteiger partial charge in [-0.25, -0.2) is 0 Å². The normalized spacial score (nSPS) is 13.4. The summed E-state index contributed by atoms with van der Waals surface area (Å²) in [6, 6.07) is 6.86. The predicted molar refractivity (Wildman–Crippen MR) is 75.3 cm³/mol. The van der Waals surface area contributed by atoms with Gasteiger partial charge < -0.3 is 9.73 Å². The first-order valence-electron chi connectivity index (χ1n) is 6.54. The van der Waals surface area contributed by atoms with Crippen molar-refractivity contribution in [2.75, 3.05) is 6.54 Å². The van der Waals surface area contributed by atoms with Gasteiger partial charge in [0.25, 0.3) is 0 Å². The largest absolute Gasteiger partial charge is 0.453 e. The highest BCUT2D eigenvalue weighted by atomic mass is 35.5. The van der Waals surface area contributed by atoms with E-state index in [4.69, 9.17) is 16.0 Å². The van der Waals surface area contributed by atoms with Gasteiger partial charge in [0.2, 0.25) is 0 Å². The summed E-state index contributed by atoms with van der Waals surface area (Å²) in [5.74, 6) is 0. The highest BCUT2D eigenvalue weighted by Crippen LogP contribution is 2.31. The molecule has 1 atom stereocenters. The molecule has 6 heteroatoms. The van der Waals surface area contributed by atoms with Crippen molar-refractivity contribution in [1.29, 1.82) is 0 Å². The number of furan rings is 1. The van der Waals surface area contributed by atoms with Crippen molar-refractivity contribution in [3.05, 3.63) is 58.5 Å². The molecule has 0 aliphatic carbocycles. The Balaban J connectivity index is 2.24. The van der Waals surface area contributed by atoms with E-state index in [-0.39, 0.29) is 11.3 Å². The van der Waals surface area contributed by atoms with Gasteiger partial charge >= 0.3 is 6.18 Å². The molecule has 114 valence electrons. The lowest BCUT2D eigenvalue weighted by molar-refractivity contribution is -0.137. The average molecular weight is 318 g/mol. The average Bonchev–Trinajstić information content (AvgIpc) is 2.84. The third-order valence-corrected chi connectivity index (χ3v) is 3.47. The molecule has 0 spiro atoms. The monoisotopic (exact) mass is 317 g/mol. The van der Waals surface area contributed by atoms with Crippen LogP contribution < -0.4 is 5.32 Å². The van der Waals surface area contributed by atoms with Crippen LogP contribution in [0, 0.1) is 0 Å². The summed E-state index contributed by atoms with van der Waals surface area (Å²) in [4.78, 5) is 0. The van der Waals surface area contributed by atoms with Crippen LogP contribution in [0.15, 0.2) is 41.0 Å². The molecule has 2 nitrogen and oxygen atoms in total. The summed E-state index contributed by atoms with van der Waals surface area (Å²) < 4.78 is 43.3. The van der Waals surface area contributed by atoms with Crippen molar-refractivity contribution >= 4 is 11.6 Å². The minimum atomic E-state index is -4.34. The van der Waals surface area contributed by atoms with Gasteiger partial charge in [-0.15, -0.1) is 0 Å². The van der Waals surface area contributed by atoms with Gasteiger partial charge in [-0.3, -0.25) is 0 Å². The van der Waals surface area contributed by atoms with Crippen molar-refractivity contribution in [3.8, 4) is 0 Å². The topological polar surface area (TPSA) is 25.2 Å². The number of nitrogens with one attached hydrogen (secondary N) is 1. The fourth-order valence-corrected chi connectivity index (χ4v) is 2.45. The molecule has 2 rings (SSSR count). The molecule has 1 unspecified atom stereocenters. The number of alkyl halides is 3. The standard InChI is InChI=1S/C15H15ClF3NO/c1-2-20-13(12-6-7-21-14(12)16)9-10-4-3-5-11(8-10)15(17,18)19/h3-8,13,20H,2,9H2,1H3. The van der Waals surface area contributed by atoms with Gasteiger partial charge in [0, 0.05) is 11.6 Å². The Hall–Kier alpha value is -1.46. The van der Waals surface area contributed by atoms with E-state index >= 15 is 0 Å². The Labute approximate surface area is 125 Å². The summed E-state index contributed by atoms with van der Waals surface area (Å²) in [5, 5.41) is 3.46. The summed E-state index contributed by atoms with van der Waals surface area (Å²) in [6.07, 6.45) is -2.47. The van der Waals surface area contributed by atoms with E-state index in [1.165, 1.54) is 18.4 Å². The Bertz CT molecular complexity index is 595. The fraction of sp³-hybridized carbons (Fsp3) is 0.333. The van der Waals surface area contributed by atoms with Gasteiger partial charge in [-0.05, 0) is 42.3 Å². The zero-order chi connectivity index (χ0) is 15.5. The molecule has 1 heterocycles. The molecular weight excluding hydrogens is 303 g/mol. The van der Waals surface area contributed by atoms with Crippen molar-refractivity contribution in [2.24, 2.45) is 0 Å². The lowest BCUT2D eigenvalue weighted by Gasteiger charge is -2.18. The smallest absolute Gasteiger partial charge is 0.416 e. The summed E-state index contributed by atoms with van der Waals surface area (Å²) in [6.45, 7) is 2.60. The second kappa shape index (κ2) is 6.54. The first-order chi connectivity index (χ1) is 9.91. The first kappa shape index (κ1) is 15.9. The van der Waals surface area contributed by atoms with Crippen molar-refractivity contribution < 1.29 is 17.6 Å². The van der Waals surface area contributed by atoms with Crippen molar-refractivity contribution in [2.45, 2.75) is 25.6 Å². The van der Waals surface area contributed by atoms with Crippen LogP contribution in [0.2, 0.25) is 5.22 Å². The van der Waals surface area contributed by atoms with E-state index in [0.717, 1.165) is 11.6 Å². The van der Waals surface area contributed by atoms with E-state index in [1.807, 2.05) is 6.92 Å². The molecule has 1 aromatic heterocycles. The third kappa shape index (κ3) is 4.02. The summed E-state index contributed by atoms with van der Waals surface area (Å²) in [5.41, 5.74) is 0.692. The summed E-state index contributed by atoms with van der Waals surface area (Å²) in [7, 11) is 0. The molecule has 1 aromatic carbocycles. The van der Waals surface area contributed by atoms with E-state index in [9.17, 15) is 13.2 Å². The maximum Gasteiger partial charge on any atom is 0.416 e. The Morgan fingerprint density at radius 2 is 2.05 bits per heavy atom. The van der Waals surface area contributed by atoms with E-state index in [0.29, 0.717) is 18.5 Å². The molecule has 1 N–H and O–H groups in total. The lowest BCUT2D eigenvalue weighted by Crippen LogP contribution is -2.23. The molecule has 0 aliphatic heterocycles. The van der Waals surface area contributed by atoms with Crippen LogP contribution in [-0.4, -0.2) is 6.54 Å². The van der Waals surface area contributed by atoms with Crippen molar-refractivity contribution in [1.82, 2.24) is 5.32 Å². The number of rotatable bonds is 5. The van der Waals surface area contributed by atoms with E-state index < -0.39 is 11.7 Å². The van der Waals surface area contributed by atoms with Crippen LogP contribution >= 0.6 is 11.6 Å². The number of halogens is 4. The van der Waals surface area contributed by atoms with Gasteiger partial charge in [-0.2, -0.15) is 13.2 Å². The molecule has 21 heavy (non-hydrogen) atoms. The molecule has 0 amide bonds. The van der Waals surface area contributed by atoms with Gasteiger partial charge in [0.15, 0.2) is 5.22 Å². The highest BCUT2D eigenvalue weighted by molar-refractivity contribution is 6.29. The van der Waals surface area contributed by atoms with Gasteiger partial charge in [0.05, 0.1) is 11.8 Å². The lowest BCUT2D eigenvalue weighted by atomic mass is 9.99. The minimum Gasteiger partial charge on any atom is -0.453 e. The quantitative estimate of drug-likeness (QED) is 0.853. The molecular formula is C15H15ClF3NO. The molecule has 2 aromatic rings. The van der Waals surface area contributed by atoms with Crippen LogP contribution in [-0.2, 0) is 12.6 Å². The number of likely N-dealkylation sites (N-methyl/N-ethyl adjacent to an activating group) is 1. The van der Waals surface area contributed by atoms with E-state index in [2.05, 4.69) is 5.32 Å². The minimum absolute atomic E-state index is 0.190. The Morgan fingerprint density at radius 1 is 1.29 bits per heavy atom. The van der Waals surface area contributed by atoms with Crippen LogP contribution in [0.1, 0.15) is 29.7 Å². The zero-order valence-corrected chi connectivity index (χ0v) is 12.1. The maximum atomic E-state index is 12.7. The number of hydrogen-bond acceptors (Lipinski definition) is 2. The van der Waals surface area contributed by atoms with Crippen molar-refractivity contribution in [3.63, 3.8) is 0 Å². The molecule has 0 saturated carbocycles. The van der Waals surface area contributed by atoms with Crippen LogP contribution in [0.3, 0.4) is 0 Å². The maximum absolute atomic E-state index is 12.7. The third-order valence-electron chi connectivity index (χ3n) is 3.17. The summed E-state index contributed by atoms with van der Waals surface area (Å²) >= 11 is 5.95. The Kier molecular flexibility index (Phi) is 4.96. The first-order valence-corrected chi connectivity index (χ1v) is 6.92. The molecule has 0 bridgehead atoms. The number of benzene rings is 1. The molecule has 0 radical (unpaired) electrons. The Morgan fingerprint density at radius 3 is 2.62 bits per heavy atom. The van der Waals surface area contributed by atoms with Gasteiger partial charge in [0.1, 0.15) is 0 Å². The second-order valence-electron chi connectivity index (χ2n) is 4.66. The zero-order valence-electron chi connectivity index (χ0n) is 11.4. The SMILES string of the molecule is CCNC(Cc1cccc(C(F)(F)F)c1)c1ccoc1Cl. The van der Waals surface area contributed by atoms with Crippen LogP contribution in [0.4, 0.5) is 13.2 Å². The highest BCUT2D eigenvalue weighted by Gasteiger charge is 2.30. The van der Waals surface area contributed by atoms with Crippen LogP contribution in [0.5, 0.6) is 0 Å².